The van der Waals surface area contributed by atoms with E-state index >= 15 is 0 Å². The predicted octanol–water partition coefficient (Wildman–Crippen LogP) is 4.70. The fraction of sp³-hybridized carbons (Fsp3) is 0.158. The van der Waals surface area contributed by atoms with Gasteiger partial charge in [-0.25, -0.2) is 4.98 Å². The molecule has 0 bridgehead atoms. The minimum absolute atomic E-state index is 0.00775. The van der Waals surface area contributed by atoms with Crippen LogP contribution in [0, 0.1) is 0 Å². The van der Waals surface area contributed by atoms with Crippen molar-refractivity contribution in [3.63, 3.8) is 0 Å². The highest BCUT2D eigenvalue weighted by atomic mass is 79.9. The number of benzene rings is 2. The molecule has 0 atom stereocenters. The SMILES string of the molecule is O=C(c1csc(Cc2ccccc2)n1)N1CCc2cc(Br)ccc21. The van der Waals surface area contributed by atoms with Gasteiger partial charge in [-0.1, -0.05) is 46.3 Å². The zero-order chi connectivity index (χ0) is 16.5. The molecule has 0 N–H and O–H groups in total. The molecular weight excluding hydrogens is 384 g/mol. The number of fused-ring (bicyclic) bond motifs is 1. The lowest BCUT2D eigenvalue weighted by Gasteiger charge is -2.15. The number of nitrogens with zero attached hydrogens (tertiary/aromatic N) is 2. The molecule has 0 aliphatic carbocycles. The quantitative estimate of drug-likeness (QED) is 0.640. The Hall–Kier alpha value is -1.98. The number of halogens is 1. The van der Waals surface area contributed by atoms with Crippen LogP contribution in [0.4, 0.5) is 5.69 Å². The van der Waals surface area contributed by atoms with Crippen molar-refractivity contribution in [2.75, 3.05) is 11.4 Å². The van der Waals surface area contributed by atoms with E-state index in [9.17, 15) is 4.79 Å². The van der Waals surface area contributed by atoms with Gasteiger partial charge in [-0.05, 0) is 35.7 Å². The number of amides is 1. The summed E-state index contributed by atoms with van der Waals surface area (Å²) < 4.78 is 1.05. The average molecular weight is 399 g/mol. The van der Waals surface area contributed by atoms with E-state index in [1.807, 2.05) is 40.6 Å². The van der Waals surface area contributed by atoms with Gasteiger partial charge in [0.15, 0.2) is 0 Å². The summed E-state index contributed by atoms with van der Waals surface area (Å²) in [6, 6.07) is 16.3. The second kappa shape index (κ2) is 6.49. The summed E-state index contributed by atoms with van der Waals surface area (Å²) in [6.07, 6.45) is 1.66. The summed E-state index contributed by atoms with van der Waals surface area (Å²) in [7, 11) is 0. The van der Waals surface area contributed by atoms with Crippen LogP contribution in [-0.2, 0) is 12.8 Å². The highest BCUT2D eigenvalue weighted by Gasteiger charge is 2.27. The molecule has 2 heterocycles. The topological polar surface area (TPSA) is 33.2 Å². The van der Waals surface area contributed by atoms with Crippen molar-refractivity contribution in [1.29, 1.82) is 0 Å². The van der Waals surface area contributed by atoms with E-state index in [1.165, 1.54) is 11.1 Å². The van der Waals surface area contributed by atoms with Crippen molar-refractivity contribution in [2.45, 2.75) is 12.8 Å². The van der Waals surface area contributed by atoms with Gasteiger partial charge in [0.05, 0.1) is 5.01 Å². The number of carbonyl (C=O) groups is 1. The van der Waals surface area contributed by atoms with E-state index < -0.39 is 0 Å². The minimum atomic E-state index is -0.00775. The summed E-state index contributed by atoms with van der Waals surface area (Å²) in [5, 5.41) is 2.84. The first-order valence-electron chi connectivity index (χ1n) is 7.79. The van der Waals surface area contributed by atoms with Crippen LogP contribution < -0.4 is 4.90 Å². The first-order valence-corrected chi connectivity index (χ1v) is 9.46. The molecule has 120 valence electrons. The third-order valence-electron chi connectivity index (χ3n) is 4.15. The van der Waals surface area contributed by atoms with Crippen molar-refractivity contribution in [3.8, 4) is 0 Å². The lowest BCUT2D eigenvalue weighted by Crippen LogP contribution is -2.29. The van der Waals surface area contributed by atoms with E-state index in [1.54, 1.807) is 11.3 Å². The van der Waals surface area contributed by atoms with Gasteiger partial charge in [0.25, 0.3) is 5.91 Å². The zero-order valence-electron chi connectivity index (χ0n) is 12.9. The van der Waals surface area contributed by atoms with E-state index in [0.717, 1.165) is 34.6 Å². The summed E-state index contributed by atoms with van der Waals surface area (Å²) in [6.45, 7) is 0.718. The van der Waals surface area contributed by atoms with Crippen molar-refractivity contribution < 1.29 is 4.79 Å². The summed E-state index contributed by atoms with van der Waals surface area (Å²) in [4.78, 5) is 19.2. The number of rotatable bonds is 3. The fourth-order valence-electron chi connectivity index (χ4n) is 2.98. The van der Waals surface area contributed by atoms with Gasteiger partial charge in [-0.2, -0.15) is 0 Å². The number of anilines is 1. The van der Waals surface area contributed by atoms with Crippen molar-refractivity contribution >= 4 is 38.9 Å². The maximum atomic E-state index is 12.8. The fourth-order valence-corrected chi connectivity index (χ4v) is 4.19. The number of carbonyl (C=O) groups excluding carboxylic acids is 1. The summed E-state index contributed by atoms with van der Waals surface area (Å²) in [5.41, 5.74) is 3.96. The molecule has 0 saturated heterocycles. The highest BCUT2D eigenvalue weighted by molar-refractivity contribution is 9.10. The summed E-state index contributed by atoms with van der Waals surface area (Å²) in [5.74, 6) is -0.00775. The van der Waals surface area contributed by atoms with Gasteiger partial charge in [-0.3, -0.25) is 4.79 Å². The average Bonchev–Trinajstić information content (AvgIpc) is 3.22. The van der Waals surface area contributed by atoms with Gasteiger partial charge in [0, 0.05) is 28.5 Å². The second-order valence-corrected chi connectivity index (χ2v) is 7.63. The van der Waals surface area contributed by atoms with Crippen LogP contribution >= 0.6 is 27.3 Å². The maximum Gasteiger partial charge on any atom is 0.277 e. The third-order valence-corrected chi connectivity index (χ3v) is 5.49. The third kappa shape index (κ3) is 3.01. The Morgan fingerprint density at radius 3 is 2.88 bits per heavy atom. The molecule has 0 unspecified atom stereocenters. The largest absolute Gasteiger partial charge is 0.306 e. The molecule has 0 fully saturated rings. The van der Waals surface area contributed by atoms with Gasteiger partial charge < -0.3 is 4.90 Å². The molecule has 0 radical (unpaired) electrons. The number of thiazole rings is 1. The Kier molecular flexibility index (Phi) is 4.21. The Balaban J connectivity index is 1.54. The molecule has 3 aromatic rings. The second-order valence-electron chi connectivity index (χ2n) is 5.77. The lowest BCUT2D eigenvalue weighted by molar-refractivity contribution is 0.0985. The van der Waals surface area contributed by atoms with E-state index in [-0.39, 0.29) is 5.91 Å². The van der Waals surface area contributed by atoms with E-state index in [0.29, 0.717) is 5.69 Å². The molecule has 1 aliphatic heterocycles. The molecule has 0 saturated carbocycles. The lowest BCUT2D eigenvalue weighted by atomic mass is 10.2. The summed E-state index contributed by atoms with van der Waals surface area (Å²) >= 11 is 5.04. The Morgan fingerprint density at radius 1 is 1.21 bits per heavy atom. The number of hydrogen-bond acceptors (Lipinski definition) is 3. The molecule has 1 aromatic heterocycles. The minimum Gasteiger partial charge on any atom is -0.306 e. The first kappa shape index (κ1) is 15.5. The van der Waals surface area contributed by atoms with Gasteiger partial charge in [0.2, 0.25) is 0 Å². The number of hydrogen-bond donors (Lipinski definition) is 0. The smallest absolute Gasteiger partial charge is 0.277 e. The van der Waals surface area contributed by atoms with Crippen LogP contribution in [0.25, 0.3) is 0 Å². The van der Waals surface area contributed by atoms with Crippen LogP contribution in [0.1, 0.15) is 26.6 Å². The van der Waals surface area contributed by atoms with Gasteiger partial charge >= 0.3 is 0 Å². The van der Waals surface area contributed by atoms with Crippen LogP contribution in [-0.4, -0.2) is 17.4 Å². The normalized spacial score (nSPS) is 13.1. The van der Waals surface area contributed by atoms with Crippen LogP contribution in [0.15, 0.2) is 58.4 Å². The Morgan fingerprint density at radius 2 is 2.04 bits per heavy atom. The zero-order valence-corrected chi connectivity index (χ0v) is 15.3. The molecule has 2 aromatic carbocycles. The molecule has 0 spiro atoms. The maximum absolute atomic E-state index is 12.8. The first-order chi connectivity index (χ1) is 11.7. The van der Waals surface area contributed by atoms with Crippen LogP contribution in [0.5, 0.6) is 0 Å². The Bertz CT molecular complexity index is 891. The molecule has 5 heteroatoms. The highest BCUT2D eigenvalue weighted by Crippen LogP contribution is 2.31. The predicted molar refractivity (Wildman–Crippen MR) is 101 cm³/mol. The van der Waals surface area contributed by atoms with Crippen LogP contribution in [0.2, 0.25) is 0 Å². The monoisotopic (exact) mass is 398 g/mol. The number of aromatic nitrogens is 1. The van der Waals surface area contributed by atoms with Crippen LogP contribution in [0.3, 0.4) is 0 Å². The van der Waals surface area contributed by atoms with E-state index in [2.05, 4.69) is 39.1 Å². The van der Waals surface area contributed by atoms with Crippen molar-refractivity contribution in [3.05, 3.63) is 80.2 Å². The standard InChI is InChI=1S/C19H15BrN2OS/c20-15-6-7-17-14(11-15)8-9-22(17)19(23)16-12-24-18(21-16)10-13-4-2-1-3-5-13/h1-7,11-12H,8-10H2. The Labute approximate surface area is 153 Å². The van der Waals surface area contributed by atoms with Gasteiger partial charge in [-0.15, -0.1) is 11.3 Å². The molecule has 24 heavy (non-hydrogen) atoms. The molecule has 3 nitrogen and oxygen atoms in total. The van der Waals surface area contributed by atoms with Gasteiger partial charge in [0.1, 0.15) is 5.69 Å². The van der Waals surface area contributed by atoms with Crippen molar-refractivity contribution in [2.24, 2.45) is 0 Å². The molecule has 1 amide bonds. The molecular formula is C19H15BrN2OS. The van der Waals surface area contributed by atoms with E-state index in [4.69, 9.17) is 0 Å². The molecule has 1 aliphatic rings. The molecule has 4 rings (SSSR count). The van der Waals surface area contributed by atoms with Crippen molar-refractivity contribution in [1.82, 2.24) is 4.98 Å².